The van der Waals surface area contributed by atoms with E-state index in [0.717, 1.165) is 22.2 Å². The molecule has 21 heavy (non-hydrogen) atoms. The standard InChI is InChI=1S/C15H14N4OS/c16-14-11-4-2-1-3-10(11)12(9-19-14)15(20)18-6-5-13-17-7-8-21-13/h1-4,7-9H,5-6H2,(H2,16,19)(H,18,20). The van der Waals surface area contributed by atoms with Crippen molar-refractivity contribution in [3.05, 3.63) is 52.6 Å². The normalized spacial score (nSPS) is 10.7. The molecule has 2 aromatic heterocycles. The van der Waals surface area contributed by atoms with Crippen LogP contribution in [0.5, 0.6) is 0 Å². The van der Waals surface area contributed by atoms with Crippen molar-refractivity contribution in [2.24, 2.45) is 0 Å². The molecule has 0 spiro atoms. The summed E-state index contributed by atoms with van der Waals surface area (Å²) in [7, 11) is 0. The first-order chi connectivity index (χ1) is 10.3. The Balaban J connectivity index is 1.77. The van der Waals surface area contributed by atoms with E-state index in [4.69, 9.17) is 5.73 Å². The van der Waals surface area contributed by atoms with E-state index in [1.165, 1.54) is 6.20 Å². The number of hydrogen-bond acceptors (Lipinski definition) is 5. The van der Waals surface area contributed by atoms with Gasteiger partial charge in [-0.3, -0.25) is 4.79 Å². The Labute approximate surface area is 125 Å². The monoisotopic (exact) mass is 298 g/mol. The maximum Gasteiger partial charge on any atom is 0.253 e. The molecular formula is C15H14N4OS. The smallest absolute Gasteiger partial charge is 0.253 e. The first-order valence-electron chi connectivity index (χ1n) is 6.55. The summed E-state index contributed by atoms with van der Waals surface area (Å²) in [6, 6.07) is 7.51. The summed E-state index contributed by atoms with van der Waals surface area (Å²) in [6.07, 6.45) is 4.01. The first kappa shape index (κ1) is 13.5. The molecule has 0 aliphatic rings. The minimum Gasteiger partial charge on any atom is -0.383 e. The van der Waals surface area contributed by atoms with Crippen molar-refractivity contribution < 1.29 is 4.79 Å². The predicted octanol–water partition coefficient (Wildman–Crippen LogP) is 2.25. The molecular weight excluding hydrogens is 284 g/mol. The van der Waals surface area contributed by atoms with Crippen LogP contribution in [0.25, 0.3) is 10.8 Å². The number of fused-ring (bicyclic) bond motifs is 1. The summed E-state index contributed by atoms with van der Waals surface area (Å²) in [5.74, 6) is 0.292. The Morgan fingerprint density at radius 3 is 2.81 bits per heavy atom. The number of nitrogen functional groups attached to an aromatic ring is 1. The number of nitrogens with zero attached hydrogens (tertiary/aromatic N) is 2. The van der Waals surface area contributed by atoms with E-state index < -0.39 is 0 Å². The molecule has 0 unspecified atom stereocenters. The van der Waals surface area contributed by atoms with Crippen molar-refractivity contribution >= 4 is 33.8 Å². The number of amides is 1. The minimum atomic E-state index is -0.143. The largest absolute Gasteiger partial charge is 0.383 e. The molecule has 3 rings (SSSR count). The number of nitrogens with two attached hydrogens (primary N) is 1. The van der Waals surface area contributed by atoms with Crippen molar-refractivity contribution in [2.75, 3.05) is 12.3 Å². The van der Waals surface area contributed by atoms with Crippen LogP contribution in [0.4, 0.5) is 5.82 Å². The van der Waals surface area contributed by atoms with Crippen molar-refractivity contribution in [3.63, 3.8) is 0 Å². The SMILES string of the molecule is Nc1ncc(C(=O)NCCc2nccs2)c2ccccc12. The number of aromatic nitrogens is 2. The Morgan fingerprint density at radius 1 is 1.24 bits per heavy atom. The molecule has 0 aliphatic carbocycles. The third kappa shape index (κ3) is 2.85. The van der Waals surface area contributed by atoms with Gasteiger partial charge in [0.15, 0.2) is 0 Å². The molecule has 106 valence electrons. The van der Waals surface area contributed by atoms with Crippen molar-refractivity contribution in [3.8, 4) is 0 Å². The molecule has 3 aromatic rings. The van der Waals surface area contributed by atoms with Crippen LogP contribution in [-0.2, 0) is 6.42 Å². The molecule has 5 nitrogen and oxygen atoms in total. The Kier molecular flexibility index (Phi) is 3.79. The lowest BCUT2D eigenvalue weighted by molar-refractivity contribution is 0.0955. The highest BCUT2D eigenvalue weighted by Gasteiger charge is 2.12. The molecule has 3 N–H and O–H groups in total. The van der Waals surface area contributed by atoms with Gasteiger partial charge in [-0.1, -0.05) is 24.3 Å². The fourth-order valence-corrected chi connectivity index (χ4v) is 2.77. The maximum atomic E-state index is 12.3. The third-order valence-electron chi connectivity index (χ3n) is 3.18. The van der Waals surface area contributed by atoms with E-state index in [1.807, 2.05) is 29.6 Å². The highest BCUT2D eigenvalue weighted by atomic mass is 32.1. The van der Waals surface area contributed by atoms with E-state index >= 15 is 0 Å². The van der Waals surface area contributed by atoms with Crippen molar-refractivity contribution in [1.82, 2.24) is 15.3 Å². The third-order valence-corrected chi connectivity index (χ3v) is 4.02. The van der Waals surface area contributed by atoms with Crippen LogP contribution < -0.4 is 11.1 Å². The Morgan fingerprint density at radius 2 is 2.05 bits per heavy atom. The van der Waals surface area contributed by atoms with Gasteiger partial charge in [0.05, 0.1) is 10.6 Å². The fraction of sp³-hybridized carbons (Fsp3) is 0.133. The van der Waals surface area contributed by atoms with Gasteiger partial charge >= 0.3 is 0 Å². The summed E-state index contributed by atoms with van der Waals surface area (Å²) in [6.45, 7) is 0.547. The quantitative estimate of drug-likeness (QED) is 0.774. The second kappa shape index (κ2) is 5.88. The second-order valence-corrected chi connectivity index (χ2v) is 5.51. The number of benzene rings is 1. The summed E-state index contributed by atoms with van der Waals surface area (Å²) in [5.41, 5.74) is 6.38. The number of anilines is 1. The van der Waals surface area contributed by atoms with Crippen LogP contribution in [0.3, 0.4) is 0 Å². The van der Waals surface area contributed by atoms with Gasteiger partial charge in [-0.05, 0) is 5.39 Å². The first-order valence-corrected chi connectivity index (χ1v) is 7.43. The van der Waals surface area contributed by atoms with Gasteiger partial charge in [-0.15, -0.1) is 11.3 Å². The Hall–Kier alpha value is -2.47. The maximum absolute atomic E-state index is 12.3. The average Bonchev–Trinajstić information content (AvgIpc) is 3.01. The summed E-state index contributed by atoms with van der Waals surface area (Å²) in [4.78, 5) is 20.6. The van der Waals surface area contributed by atoms with E-state index in [9.17, 15) is 4.79 Å². The van der Waals surface area contributed by atoms with E-state index in [0.29, 0.717) is 17.9 Å². The average molecular weight is 298 g/mol. The zero-order valence-corrected chi connectivity index (χ0v) is 12.1. The van der Waals surface area contributed by atoms with Gasteiger partial charge in [-0.25, -0.2) is 9.97 Å². The molecule has 0 atom stereocenters. The van der Waals surface area contributed by atoms with Crippen LogP contribution in [0.1, 0.15) is 15.4 Å². The molecule has 6 heteroatoms. The lowest BCUT2D eigenvalue weighted by Gasteiger charge is -2.08. The number of rotatable bonds is 4. The van der Waals surface area contributed by atoms with Crippen LogP contribution >= 0.6 is 11.3 Å². The molecule has 0 bridgehead atoms. The van der Waals surface area contributed by atoms with E-state index in [1.54, 1.807) is 17.5 Å². The molecule has 0 aliphatic heterocycles. The number of carbonyl (C=O) groups is 1. The highest BCUT2D eigenvalue weighted by Crippen LogP contribution is 2.22. The van der Waals surface area contributed by atoms with Gasteiger partial charge in [0.25, 0.3) is 5.91 Å². The van der Waals surface area contributed by atoms with Gasteiger partial charge in [-0.2, -0.15) is 0 Å². The number of nitrogens with one attached hydrogen (secondary N) is 1. The lowest BCUT2D eigenvalue weighted by atomic mass is 10.1. The molecule has 0 radical (unpaired) electrons. The minimum absolute atomic E-state index is 0.143. The molecule has 0 saturated carbocycles. The van der Waals surface area contributed by atoms with Gasteiger partial charge in [0, 0.05) is 36.1 Å². The molecule has 2 heterocycles. The van der Waals surface area contributed by atoms with Gasteiger partial charge in [0.1, 0.15) is 5.82 Å². The van der Waals surface area contributed by atoms with Crippen LogP contribution in [0.15, 0.2) is 42.0 Å². The predicted molar refractivity (Wildman–Crippen MR) is 84.3 cm³/mol. The van der Waals surface area contributed by atoms with Crippen LogP contribution in [-0.4, -0.2) is 22.4 Å². The van der Waals surface area contributed by atoms with Crippen LogP contribution in [0.2, 0.25) is 0 Å². The zero-order chi connectivity index (χ0) is 14.7. The number of pyridine rings is 1. The van der Waals surface area contributed by atoms with Crippen LogP contribution in [0, 0.1) is 0 Å². The number of hydrogen-bond donors (Lipinski definition) is 2. The summed E-state index contributed by atoms with van der Waals surface area (Å²) >= 11 is 1.58. The molecule has 0 saturated heterocycles. The van der Waals surface area contributed by atoms with E-state index in [2.05, 4.69) is 15.3 Å². The van der Waals surface area contributed by atoms with Gasteiger partial charge in [0.2, 0.25) is 0 Å². The highest BCUT2D eigenvalue weighted by molar-refractivity contribution is 7.09. The molecule has 1 aromatic carbocycles. The Bertz CT molecular complexity index is 770. The fourth-order valence-electron chi connectivity index (χ4n) is 2.15. The zero-order valence-electron chi connectivity index (χ0n) is 11.2. The summed E-state index contributed by atoms with van der Waals surface area (Å²) in [5, 5.41) is 7.44. The van der Waals surface area contributed by atoms with Crippen molar-refractivity contribution in [2.45, 2.75) is 6.42 Å². The molecule has 1 amide bonds. The van der Waals surface area contributed by atoms with E-state index in [-0.39, 0.29) is 5.91 Å². The topological polar surface area (TPSA) is 80.9 Å². The van der Waals surface area contributed by atoms with Gasteiger partial charge < -0.3 is 11.1 Å². The summed E-state index contributed by atoms with van der Waals surface area (Å²) < 4.78 is 0. The molecule has 0 fully saturated rings. The lowest BCUT2D eigenvalue weighted by Crippen LogP contribution is -2.26. The number of carbonyl (C=O) groups excluding carboxylic acids is 1. The second-order valence-electron chi connectivity index (χ2n) is 4.53. The number of thiazole rings is 1. The van der Waals surface area contributed by atoms with Crippen molar-refractivity contribution in [1.29, 1.82) is 0 Å².